The molecule has 0 spiro atoms. The van der Waals surface area contributed by atoms with E-state index in [-0.39, 0.29) is 11.6 Å². The van der Waals surface area contributed by atoms with Crippen molar-refractivity contribution in [3.63, 3.8) is 0 Å². The van der Waals surface area contributed by atoms with Crippen molar-refractivity contribution < 1.29 is 8.78 Å². The molecule has 0 radical (unpaired) electrons. The molecule has 0 unspecified atom stereocenters. The van der Waals surface area contributed by atoms with Crippen LogP contribution >= 0.6 is 11.3 Å². The highest BCUT2D eigenvalue weighted by atomic mass is 32.1. The summed E-state index contributed by atoms with van der Waals surface area (Å²) in [6, 6.07) is 0.725. The standard InChI is InChI=1S/C11H13F2N5S/c1-11(2,10-15-3-4-19-10)17-8-6(12)5-7(13)9(16-8)18-14/h3-5H,14H2,1-2H3,(H2,16,17,18). The molecule has 102 valence electrons. The van der Waals surface area contributed by atoms with Crippen LogP contribution in [0.3, 0.4) is 0 Å². The molecule has 0 fully saturated rings. The van der Waals surface area contributed by atoms with Gasteiger partial charge in [-0.15, -0.1) is 11.3 Å². The van der Waals surface area contributed by atoms with Gasteiger partial charge in [-0.25, -0.2) is 24.6 Å². The van der Waals surface area contributed by atoms with E-state index in [0.717, 1.165) is 11.1 Å². The summed E-state index contributed by atoms with van der Waals surface area (Å²) in [6.45, 7) is 3.65. The van der Waals surface area contributed by atoms with Crippen LogP contribution in [0, 0.1) is 11.6 Å². The van der Waals surface area contributed by atoms with E-state index in [1.807, 2.05) is 19.2 Å². The van der Waals surface area contributed by atoms with Crippen LogP contribution in [0.2, 0.25) is 0 Å². The molecule has 0 aromatic carbocycles. The van der Waals surface area contributed by atoms with Gasteiger partial charge in [-0.2, -0.15) is 0 Å². The van der Waals surface area contributed by atoms with Gasteiger partial charge in [0.05, 0.1) is 5.54 Å². The average molecular weight is 285 g/mol. The minimum absolute atomic E-state index is 0.0884. The van der Waals surface area contributed by atoms with E-state index in [2.05, 4.69) is 20.7 Å². The third-order valence-corrected chi connectivity index (χ3v) is 3.56. The minimum Gasteiger partial charge on any atom is -0.356 e. The van der Waals surface area contributed by atoms with Crippen molar-refractivity contribution in [2.75, 3.05) is 10.7 Å². The van der Waals surface area contributed by atoms with E-state index >= 15 is 0 Å². The van der Waals surface area contributed by atoms with Crippen molar-refractivity contribution in [2.45, 2.75) is 19.4 Å². The molecular formula is C11H13F2N5S. The number of rotatable bonds is 4. The highest BCUT2D eigenvalue weighted by Gasteiger charge is 2.25. The van der Waals surface area contributed by atoms with Gasteiger partial charge in [0, 0.05) is 17.6 Å². The first-order valence-corrected chi connectivity index (χ1v) is 6.33. The number of hydrogen-bond acceptors (Lipinski definition) is 6. The molecule has 2 rings (SSSR count). The summed E-state index contributed by atoms with van der Waals surface area (Å²) in [6.07, 6.45) is 1.66. The Morgan fingerprint density at radius 2 is 1.95 bits per heavy atom. The van der Waals surface area contributed by atoms with Crippen molar-refractivity contribution in [1.29, 1.82) is 0 Å². The highest BCUT2D eigenvalue weighted by molar-refractivity contribution is 7.09. The molecule has 2 aromatic heterocycles. The third kappa shape index (κ3) is 2.79. The van der Waals surface area contributed by atoms with Gasteiger partial charge in [0.1, 0.15) is 5.01 Å². The summed E-state index contributed by atoms with van der Waals surface area (Å²) in [4.78, 5) is 7.93. The lowest BCUT2D eigenvalue weighted by Crippen LogP contribution is -2.29. The summed E-state index contributed by atoms with van der Waals surface area (Å²) >= 11 is 1.43. The van der Waals surface area contributed by atoms with Crippen LogP contribution in [0.4, 0.5) is 20.4 Å². The molecule has 0 saturated carbocycles. The Labute approximate surface area is 112 Å². The predicted molar refractivity (Wildman–Crippen MR) is 70.7 cm³/mol. The zero-order chi connectivity index (χ0) is 14.0. The lowest BCUT2D eigenvalue weighted by molar-refractivity contribution is 0.556. The van der Waals surface area contributed by atoms with E-state index in [9.17, 15) is 8.78 Å². The van der Waals surface area contributed by atoms with Gasteiger partial charge in [0.2, 0.25) is 0 Å². The number of nitrogen functional groups attached to an aromatic ring is 1. The maximum Gasteiger partial charge on any atom is 0.178 e. The minimum atomic E-state index is -0.849. The van der Waals surface area contributed by atoms with Crippen molar-refractivity contribution >= 4 is 23.0 Å². The van der Waals surface area contributed by atoms with Gasteiger partial charge in [-0.05, 0) is 13.8 Å². The second-order valence-electron chi connectivity index (χ2n) is 4.38. The maximum absolute atomic E-state index is 13.7. The fourth-order valence-electron chi connectivity index (χ4n) is 1.54. The first-order chi connectivity index (χ1) is 8.94. The predicted octanol–water partition coefficient (Wildman–Crippen LogP) is 2.45. The normalized spacial score (nSPS) is 11.4. The van der Waals surface area contributed by atoms with Crippen LogP contribution in [0.25, 0.3) is 0 Å². The zero-order valence-corrected chi connectivity index (χ0v) is 11.2. The quantitative estimate of drug-likeness (QED) is 0.594. The van der Waals surface area contributed by atoms with E-state index in [0.29, 0.717) is 0 Å². The van der Waals surface area contributed by atoms with Crippen molar-refractivity contribution in [3.8, 4) is 0 Å². The van der Waals surface area contributed by atoms with Gasteiger partial charge in [0.15, 0.2) is 23.3 Å². The van der Waals surface area contributed by atoms with Crippen molar-refractivity contribution in [3.05, 3.63) is 34.3 Å². The lowest BCUT2D eigenvalue weighted by Gasteiger charge is -2.25. The van der Waals surface area contributed by atoms with Gasteiger partial charge in [-0.1, -0.05) is 0 Å². The largest absolute Gasteiger partial charge is 0.356 e. The molecule has 0 aliphatic rings. The maximum atomic E-state index is 13.7. The first kappa shape index (κ1) is 13.6. The van der Waals surface area contributed by atoms with Crippen LogP contribution in [-0.2, 0) is 5.54 Å². The number of hydrazine groups is 1. The fraction of sp³-hybridized carbons (Fsp3) is 0.273. The Morgan fingerprint density at radius 3 is 2.53 bits per heavy atom. The van der Waals surface area contributed by atoms with E-state index in [1.54, 1.807) is 6.20 Å². The molecule has 5 nitrogen and oxygen atoms in total. The fourth-order valence-corrected chi connectivity index (χ4v) is 2.26. The average Bonchev–Trinajstić information content (AvgIpc) is 2.87. The Bertz CT molecular complexity index is 571. The van der Waals surface area contributed by atoms with E-state index < -0.39 is 17.2 Å². The number of halogens is 2. The number of aromatic nitrogens is 2. The molecule has 0 aliphatic carbocycles. The molecule has 4 N–H and O–H groups in total. The van der Waals surface area contributed by atoms with Gasteiger partial charge < -0.3 is 10.7 Å². The highest BCUT2D eigenvalue weighted by Crippen LogP contribution is 2.28. The smallest absolute Gasteiger partial charge is 0.178 e. The summed E-state index contributed by atoms with van der Waals surface area (Å²) in [5.74, 6) is 3.16. The summed E-state index contributed by atoms with van der Waals surface area (Å²) in [7, 11) is 0. The second kappa shape index (κ2) is 5.06. The second-order valence-corrected chi connectivity index (χ2v) is 5.28. The number of nitrogens with two attached hydrogens (primary N) is 1. The number of pyridine rings is 1. The van der Waals surface area contributed by atoms with Gasteiger partial charge in [0.25, 0.3) is 0 Å². The molecule has 0 atom stereocenters. The summed E-state index contributed by atoms with van der Waals surface area (Å²) in [5, 5.41) is 5.47. The molecular weight excluding hydrogens is 272 g/mol. The number of nitrogens with one attached hydrogen (secondary N) is 2. The lowest BCUT2D eigenvalue weighted by atomic mass is 10.1. The van der Waals surface area contributed by atoms with Crippen LogP contribution in [0.1, 0.15) is 18.9 Å². The molecule has 19 heavy (non-hydrogen) atoms. The molecule has 2 heterocycles. The van der Waals surface area contributed by atoms with E-state index in [1.165, 1.54) is 11.3 Å². The Morgan fingerprint density at radius 1 is 1.26 bits per heavy atom. The summed E-state index contributed by atoms with van der Waals surface area (Å²) in [5.41, 5.74) is 1.44. The Hall–Kier alpha value is -1.80. The Kier molecular flexibility index (Phi) is 3.63. The topological polar surface area (TPSA) is 75.9 Å². The Balaban J connectivity index is 2.33. The molecule has 0 saturated heterocycles. The third-order valence-electron chi connectivity index (χ3n) is 2.46. The van der Waals surface area contributed by atoms with Crippen LogP contribution < -0.4 is 16.6 Å². The zero-order valence-electron chi connectivity index (χ0n) is 10.4. The van der Waals surface area contributed by atoms with Crippen LogP contribution in [0.5, 0.6) is 0 Å². The van der Waals surface area contributed by atoms with Crippen LogP contribution in [0.15, 0.2) is 17.6 Å². The summed E-state index contributed by atoms with van der Waals surface area (Å²) < 4.78 is 26.9. The van der Waals surface area contributed by atoms with Gasteiger partial charge >= 0.3 is 0 Å². The monoisotopic (exact) mass is 285 g/mol. The van der Waals surface area contributed by atoms with Crippen molar-refractivity contribution in [1.82, 2.24) is 9.97 Å². The van der Waals surface area contributed by atoms with Crippen molar-refractivity contribution in [2.24, 2.45) is 5.84 Å². The molecule has 0 bridgehead atoms. The van der Waals surface area contributed by atoms with Crippen LogP contribution in [-0.4, -0.2) is 9.97 Å². The number of thiazole rings is 1. The first-order valence-electron chi connectivity index (χ1n) is 5.45. The molecule has 0 aliphatic heterocycles. The molecule has 2 aromatic rings. The molecule has 0 amide bonds. The van der Waals surface area contributed by atoms with Gasteiger partial charge in [-0.3, -0.25) is 0 Å². The SMILES string of the molecule is CC(C)(Nc1nc(NN)c(F)cc1F)c1nccs1. The number of anilines is 2. The van der Waals surface area contributed by atoms with E-state index in [4.69, 9.17) is 5.84 Å². The molecule has 8 heteroatoms. The number of hydrogen-bond donors (Lipinski definition) is 3. The number of nitrogens with zero attached hydrogens (tertiary/aromatic N) is 2.